The molecule has 0 aromatic rings. The van der Waals surface area contributed by atoms with Gasteiger partial charge in [0.2, 0.25) is 5.91 Å². The SMILES string of the molecule is O=C1CC[C@H](CN[C@@H]2C[C@H]3CC[C@@H]2C3)N1. The van der Waals surface area contributed by atoms with Crippen LogP contribution in [0.25, 0.3) is 0 Å². The molecular formula is C12H20N2O. The number of carbonyl (C=O) groups excluding carboxylic acids is 1. The highest BCUT2D eigenvalue weighted by molar-refractivity contribution is 5.78. The standard InChI is InChI=1S/C12H20N2O/c15-12-4-3-10(14-12)7-13-11-6-8-1-2-9(11)5-8/h8-11,13H,1-7H2,(H,14,15)/t8-,9+,10+,11+/m0/s1. The second-order valence-electron chi connectivity index (χ2n) is 5.49. The Kier molecular flexibility index (Phi) is 2.43. The maximum absolute atomic E-state index is 11.0. The minimum Gasteiger partial charge on any atom is -0.352 e. The van der Waals surface area contributed by atoms with E-state index in [1.807, 2.05) is 0 Å². The quantitative estimate of drug-likeness (QED) is 0.727. The molecule has 15 heavy (non-hydrogen) atoms. The molecule has 0 unspecified atom stereocenters. The number of nitrogens with one attached hydrogen (secondary N) is 2. The third-order valence-electron chi connectivity index (χ3n) is 4.45. The van der Waals surface area contributed by atoms with E-state index in [0.717, 1.165) is 37.3 Å². The van der Waals surface area contributed by atoms with Crippen molar-refractivity contribution in [2.45, 2.75) is 50.6 Å². The van der Waals surface area contributed by atoms with Crippen LogP contribution < -0.4 is 10.6 Å². The molecule has 3 nitrogen and oxygen atoms in total. The van der Waals surface area contributed by atoms with Gasteiger partial charge >= 0.3 is 0 Å². The maximum atomic E-state index is 11.0. The molecule has 1 amide bonds. The summed E-state index contributed by atoms with van der Waals surface area (Å²) in [6.45, 7) is 0.986. The van der Waals surface area contributed by atoms with Gasteiger partial charge in [0.05, 0.1) is 0 Å². The van der Waals surface area contributed by atoms with Crippen LogP contribution >= 0.6 is 0 Å². The van der Waals surface area contributed by atoms with E-state index in [1.165, 1.54) is 25.7 Å². The normalized spacial score (nSPS) is 43.6. The van der Waals surface area contributed by atoms with Crippen LogP contribution in [0.2, 0.25) is 0 Å². The van der Waals surface area contributed by atoms with Gasteiger partial charge in [0.25, 0.3) is 0 Å². The molecule has 1 heterocycles. The van der Waals surface area contributed by atoms with Gasteiger partial charge in [0, 0.05) is 25.0 Å². The molecule has 3 rings (SSSR count). The minimum atomic E-state index is 0.231. The van der Waals surface area contributed by atoms with Crippen molar-refractivity contribution in [3.63, 3.8) is 0 Å². The first kappa shape index (κ1) is 9.64. The second-order valence-corrected chi connectivity index (χ2v) is 5.49. The number of fused-ring (bicyclic) bond motifs is 2. The van der Waals surface area contributed by atoms with E-state index in [1.54, 1.807) is 0 Å². The highest BCUT2D eigenvalue weighted by Crippen LogP contribution is 2.44. The van der Waals surface area contributed by atoms with E-state index in [4.69, 9.17) is 0 Å². The van der Waals surface area contributed by atoms with Crippen LogP contribution in [0.15, 0.2) is 0 Å². The highest BCUT2D eigenvalue weighted by atomic mass is 16.1. The zero-order valence-electron chi connectivity index (χ0n) is 9.17. The summed E-state index contributed by atoms with van der Waals surface area (Å²) in [5.74, 6) is 2.17. The zero-order chi connectivity index (χ0) is 10.3. The average Bonchev–Trinajstić information content (AvgIpc) is 2.90. The molecule has 0 spiro atoms. The van der Waals surface area contributed by atoms with E-state index in [-0.39, 0.29) is 5.91 Å². The molecule has 2 N–H and O–H groups in total. The number of hydrogen-bond donors (Lipinski definition) is 2. The number of amides is 1. The first-order chi connectivity index (χ1) is 7.31. The summed E-state index contributed by atoms with van der Waals surface area (Å²) in [5, 5.41) is 6.68. The lowest BCUT2D eigenvalue weighted by molar-refractivity contribution is -0.119. The van der Waals surface area contributed by atoms with Gasteiger partial charge in [0.15, 0.2) is 0 Å². The fourth-order valence-electron chi connectivity index (χ4n) is 3.62. The second kappa shape index (κ2) is 3.78. The van der Waals surface area contributed by atoms with Gasteiger partial charge in [-0.2, -0.15) is 0 Å². The van der Waals surface area contributed by atoms with Crippen LogP contribution in [0.1, 0.15) is 38.5 Å². The molecule has 4 atom stereocenters. The highest BCUT2D eigenvalue weighted by Gasteiger charge is 2.39. The lowest BCUT2D eigenvalue weighted by Gasteiger charge is -2.24. The van der Waals surface area contributed by atoms with Crippen molar-refractivity contribution in [3.8, 4) is 0 Å². The molecule has 84 valence electrons. The van der Waals surface area contributed by atoms with Crippen LogP contribution in [0.5, 0.6) is 0 Å². The summed E-state index contributed by atoms with van der Waals surface area (Å²) in [5.41, 5.74) is 0. The predicted molar refractivity (Wildman–Crippen MR) is 58.4 cm³/mol. The Bertz CT molecular complexity index is 266. The summed E-state index contributed by atoms with van der Waals surface area (Å²) in [6.07, 6.45) is 7.47. The third kappa shape index (κ3) is 1.89. The number of carbonyl (C=O) groups is 1. The van der Waals surface area contributed by atoms with Gasteiger partial charge < -0.3 is 10.6 Å². The van der Waals surface area contributed by atoms with Gasteiger partial charge in [-0.3, -0.25) is 4.79 Å². The monoisotopic (exact) mass is 208 g/mol. The predicted octanol–water partition coefficient (Wildman–Crippen LogP) is 1.04. The molecular weight excluding hydrogens is 188 g/mol. The summed E-state index contributed by atoms with van der Waals surface area (Å²) in [7, 11) is 0. The molecule has 0 aromatic carbocycles. The molecule has 0 aromatic heterocycles. The van der Waals surface area contributed by atoms with Crippen molar-refractivity contribution < 1.29 is 4.79 Å². The van der Waals surface area contributed by atoms with Crippen molar-refractivity contribution in [1.29, 1.82) is 0 Å². The Morgan fingerprint density at radius 2 is 2.20 bits per heavy atom. The first-order valence-corrected chi connectivity index (χ1v) is 6.34. The van der Waals surface area contributed by atoms with Crippen molar-refractivity contribution >= 4 is 5.91 Å². The lowest BCUT2D eigenvalue weighted by atomic mass is 9.95. The van der Waals surface area contributed by atoms with Gasteiger partial charge in [-0.1, -0.05) is 6.42 Å². The summed E-state index contributed by atoms with van der Waals surface area (Å²) < 4.78 is 0. The maximum Gasteiger partial charge on any atom is 0.220 e. The topological polar surface area (TPSA) is 41.1 Å². The van der Waals surface area contributed by atoms with E-state index in [9.17, 15) is 4.79 Å². The Balaban J connectivity index is 1.45. The Hall–Kier alpha value is -0.570. The molecule has 1 saturated heterocycles. The Morgan fingerprint density at radius 3 is 2.80 bits per heavy atom. The van der Waals surface area contributed by atoms with Gasteiger partial charge in [-0.25, -0.2) is 0 Å². The van der Waals surface area contributed by atoms with Crippen molar-refractivity contribution in [1.82, 2.24) is 10.6 Å². The van der Waals surface area contributed by atoms with Crippen LogP contribution in [-0.2, 0) is 4.79 Å². The third-order valence-corrected chi connectivity index (χ3v) is 4.45. The molecule has 0 radical (unpaired) electrons. The van der Waals surface area contributed by atoms with Crippen LogP contribution in [0.3, 0.4) is 0 Å². The smallest absolute Gasteiger partial charge is 0.220 e. The fraction of sp³-hybridized carbons (Fsp3) is 0.917. The molecule has 2 bridgehead atoms. The van der Waals surface area contributed by atoms with Gasteiger partial charge in [-0.15, -0.1) is 0 Å². The molecule has 3 aliphatic rings. The Labute approximate surface area is 91.0 Å². The van der Waals surface area contributed by atoms with Crippen LogP contribution in [-0.4, -0.2) is 24.5 Å². The van der Waals surface area contributed by atoms with E-state index in [2.05, 4.69) is 10.6 Å². The van der Waals surface area contributed by atoms with Gasteiger partial charge in [0.1, 0.15) is 0 Å². The first-order valence-electron chi connectivity index (χ1n) is 6.34. The summed E-state index contributed by atoms with van der Waals surface area (Å²) in [6, 6.07) is 1.15. The van der Waals surface area contributed by atoms with E-state index in [0.29, 0.717) is 6.04 Å². The molecule has 2 aliphatic carbocycles. The van der Waals surface area contributed by atoms with E-state index >= 15 is 0 Å². The molecule has 3 heteroatoms. The summed E-state index contributed by atoms with van der Waals surface area (Å²) in [4.78, 5) is 11.0. The largest absolute Gasteiger partial charge is 0.352 e. The summed E-state index contributed by atoms with van der Waals surface area (Å²) >= 11 is 0. The average molecular weight is 208 g/mol. The minimum absolute atomic E-state index is 0.231. The van der Waals surface area contributed by atoms with Crippen LogP contribution in [0.4, 0.5) is 0 Å². The molecule has 3 fully saturated rings. The fourth-order valence-corrected chi connectivity index (χ4v) is 3.62. The Morgan fingerprint density at radius 1 is 1.27 bits per heavy atom. The van der Waals surface area contributed by atoms with Crippen molar-refractivity contribution in [2.24, 2.45) is 11.8 Å². The zero-order valence-corrected chi connectivity index (χ0v) is 9.17. The van der Waals surface area contributed by atoms with E-state index < -0.39 is 0 Å². The van der Waals surface area contributed by atoms with Gasteiger partial charge in [-0.05, 0) is 37.5 Å². The number of hydrogen-bond acceptors (Lipinski definition) is 2. The van der Waals surface area contributed by atoms with Crippen molar-refractivity contribution in [3.05, 3.63) is 0 Å². The number of rotatable bonds is 3. The lowest BCUT2D eigenvalue weighted by Crippen LogP contribution is -2.42. The molecule has 2 saturated carbocycles. The van der Waals surface area contributed by atoms with Crippen molar-refractivity contribution in [2.75, 3.05) is 6.54 Å². The van der Waals surface area contributed by atoms with Crippen LogP contribution in [0, 0.1) is 11.8 Å². The molecule has 1 aliphatic heterocycles.